The smallest absolute Gasteiger partial charge is 0.258 e. The van der Waals surface area contributed by atoms with E-state index >= 15 is 0 Å². The van der Waals surface area contributed by atoms with Crippen LogP contribution in [0.2, 0.25) is 0 Å². The van der Waals surface area contributed by atoms with E-state index < -0.39 is 14.8 Å². The lowest BCUT2D eigenvalue weighted by Gasteiger charge is -2.10. The summed E-state index contributed by atoms with van der Waals surface area (Å²) in [5.41, 5.74) is 5.92. The first-order valence-electron chi connectivity index (χ1n) is 15.1. The van der Waals surface area contributed by atoms with E-state index in [-0.39, 0.29) is 17.1 Å². The number of nitrogens with zero attached hydrogens (tertiary/aromatic N) is 9. The average molecular weight is 676 g/mol. The summed E-state index contributed by atoms with van der Waals surface area (Å²) in [6.07, 6.45) is 9.75. The van der Waals surface area contributed by atoms with Gasteiger partial charge in [0.25, 0.3) is 17.1 Å². The molecule has 0 aliphatic carbocycles. The van der Waals surface area contributed by atoms with Crippen molar-refractivity contribution in [1.82, 2.24) is 29.9 Å². The van der Waals surface area contributed by atoms with Crippen molar-refractivity contribution in [2.75, 3.05) is 0 Å². The summed E-state index contributed by atoms with van der Waals surface area (Å²) in [7, 11) is 0. The quantitative estimate of drug-likeness (QED) is 0.106. The van der Waals surface area contributed by atoms with Crippen molar-refractivity contribution in [3.8, 4) is 67.5 Å². The minimum Gasteiger partial charge on any atom is -0.258 e. The van der Waals surface area contributed by atoms with Gasteiger partial charge in [-0.15, -0.1) is 0 Å². The van der Waals surface area contributed by atoms with Crippen molar-refractivity contribution < 1.29 is 14.8 Å². The number of nitro benzene ring substituents is 3. The van der Waals surface area contributed by atoms with Gasteiger partial charge in [0.05, 0.1) is 14.8 Å². The van der Waals surface area contributed by atoms with Crippen LogP contribution < -0.4 is 0 Å². The molecule has 0 saturated heterocycles. The zero-order chi connectivity index (χ0) is 35.5. The Bertz CT molecular complexity index is 2120. The van der Waals surface area contributed by atoms with Crippen LogP contribution in [0.4, 0.5) is 17.1 Å². The SMILES string of the molecule is O=[N+]([O-])c1ccc(-c2cnc(-c3cc(-c4ncc(-c5ccc([N+](=O)[O-])cc5)cn4)cc(-c4ncc(-c5ccc([N+](=O)[O-])cc5)cn4)c3)nc2)cc1. The van der Waals surface area contributed by atoms with E-state index in [4.69, 9.17) is 0 Å². The summed E-state index contributed by atoms with van der Waals surface area (Å²) >= 11 is 0. The Labute approximate surface area is 287 Å². The Kier molecular flexibility index (Phi) is 8.41. The Morgan fingerprint density at radius 2 is 0.529 bits per heavy atom. The fourth-order valence-corrected chi connectivity index (χ4v) is 5.22. The van der Waals surface area contributed by atoms with Crippen LogP contribution in [0, 0.1) is 30.3 Å². The Hall–Kier alpha value is -7.68. The maximum atomic E-state index is 11.1. The fourth-order valence-electron chi connectivity index (χ4n) is 5.22. The molecule has 0 spiro atoms. The van der Waals surface area contributed by atoms with Crippen LogP contribution in [0.15, 0.2) is 128 Å². The van der Waals surface area contributed by atoms with E-state index in [1.54, 1.807) is 73.6 Å². The van der Waals surface area contributed by atoms with Gasteiger partial charge in [0.15, 0.2) is 17.5 Å². The molecule has 15 heteroatoms. The van der Waals surface area contributed by atoms with Crippen molar-refractivity contribution in [2.45, 2.75) is 0 Å². The van der Waals surface area contributed by atoms with Gasteiger partial charge in [-0.1, -0.05) is 0 Å². The van der Waals surface area contributed by atoms with Crippen LogP contribution in [0.25, 0.3) is 67.5 Å². The third-order valence-corrected chi connectivity index (χ3v) is 7.90. The zero-order valence-corrected chi connectivity index (χ0v) is 26.1. The predicted molar refractivity (Wildman–Crippen MR) is 186 cm³/mol. The van der Waals surface area contributed by atoms with Crippen LogP contribution in [0.3, 0.4) is 0 Å². The molecular formula is C36H21N9O6. The van der Waals surface area contributed by atoms with Crippen LogP contribution in [0.1, 0.15) is 0 Å². The molecule has 51 heavy (non-hydrogen) atoms. The van der Waals surface area contributed by atoms with Crippen molar-refractivity contribution in [3.05, 3.63) is 159 Å². The van der Waals surface area contributed by atoms with Crippen molar-refractivity contribution in [2.24, 2.45) is 0 Å². The second-order valence-corrected chi connectivity index (χ2v) is 11.1. The highest BCUT2D eigenvalue weighted by molar-refractivity contribution is 5.76. The van der Waals surface area contributed by atoms with Gasteiger partial charge in [-0.25, -0.2) is 29.9 Å². The molecule has 0 aliphatic heterocycles. The number of non-ortho nitro benzene ring substituents is 3. The molecule has 0 bridgehead atoms. The summed E-state index contributed by atoms with van der Waals surface area (Å²) in [5, 5.41) is 33.2. The molecule has 0 N–H and O–H groups in total. The summed E-state index contributed by atoms with van der Waals surface area (Å²) in [6, 6.07) is 23.8. The van der Waals surface area contributed by atoms with Gasteiger partial charge in [0.1, 0.15) is 0 Å². The van der Waals surface area contributed by atoms with Gasteiger partial charge in [0, 0.05) is 107 Å². The minimum absolute atomic E-state index is 0.0216. The lowest BCUT2D eigenvalue weighted by atomic mass is 10.0. The molecule has 4 aromatic carbocycles. The third kappa shape index (κ3) is 6.84. The molecule has 0 saturated carbocycles. The molecule has 3 heterocycles. The molecule has 0 radical (unpaired) electrons. The molecule has 0 fully saturated rings. The Balaban J connectivity index is 1.24. The van der Waals surface area contributed by atoms with Crippen LogP contribution >= 0.6 is 0 Å². The molecular weight excluding hydrogens is 654 g/mol. The molecule has 15 nitrogen and oxygen atoms in total. The van der Waals surface area contributed by atoms with Crippen molar-refractivity contribution >= 4 is 17.1 Å². The first-order valence-corrected chi connectivity index (χ1v) is 15.1. The van der Waals surface area contributed by atoms with Gasteiger partial charge in [0.2, 0.25) is 0 Å². The van der Waals surface area contributed by atoms with Crippen LogP contribution in [-0.2, 0) is 0 Å². The molecule has 3 aromatic heterocycles. The monoisotopic (exact) mass is 675 g/mol. The summed E-state index contributed by atoms with van der Waals surface area (Å²) in [6.45, 7) is 0. The Morgan fingerprint density at radius 1 is 0.314 bits per heavy atom. The van der Waals surface area contributed by atoms with Crippen LogP contribution in [-0.4, -0.2) is 44.7 Å². The average Bonchev–Trinajstić information content (AvgIpc) is 3.18. The molecule has 7 rings (SSSR count). The molecule has 0 amide bonds. The van der Waals surface area contributed by atoms with E-state index in [1.807, 2.05) is 18.2 Å². The maximum Gasteiger partial charge on any atom is 0.269 e. The second kappa shape index (κ2) is 13.4. The molecule has 0 unspecified atom stereocenters. The van der Waals surface area contributed by atoms with Crippen molar-refractivity contribution in [1.29, 1.82) is 0 Å². The van der Waals surface area contributed by atoms with E-state index in [9.17, 15) is 30.3 Å². The third-order valence-electron chi connectivity index (χ3n) is 7.90. The van der Waals surface area contributed by atoms with E-state index in [2.05, 4.69) is 29.9 Å². The zero-order valence-electron chi connectivity index (χ0n) is 26.1. The highest BCUT2D eigenvalue weighted by Gasteiger charge is 2.15. The van der Waals surface area contributed by atoms with E-state index in [1.165, 1.54) is 36.4 Å². The second-order valence-electron chi connectivity index (χ2n) is 11.1. The number of nitro groups is 3. The summed E-state index contributed by atoms with van der Waals surface area (Å²) in [4.78, 5) is 59.2. The predicted octanol–water partition coefficient (Wildman–Crippen LogP) is 7.78. The number of benzene rings is 4. The molecule has 0 atom stereocenters. The van der Waals surface area contributed by atoms with Gasteiger partial charge < -0.3 is 0 Å². The van der Waals surface area contributed by atoms with Crippen molar-refractivity contribution in [3.63, 3.8) is 0 Å². The lowest BCUT2D eigenvalue weighted by Crippen LogP contribution is -1.96. The number of hydrogen-bond donors (Lipinski definition) is 0. The molecule has 0 aliphatic rings. The van der Waals surface area contributed by atoms with Gasteiger partial charge >= 0.3 is 0 Å². The normalized spacial score (nSPS) is 10.8. The maximum absolute atomic E-state index is 11.1. The number of aromatic nitrogens is 6. The highest BCUT2D eigenvalue weighted by atomic mass is 16.6. The number of hydrogen-bond acceptors (Lipinski definition) is 12. The summed E-state index contributed by atoms with van der Waals surface area (Å²) in [5.74, 6) is 1.15. The Morgan fingerprint density at radius 3 is 0.725 bits per heavy atom. The standard InChI is InChI=1S/C36H21N9O6/c46-43(47)31-7-1-22(2-8-31)28-16-37-34(38-17-28)25-13-26(35-39-18-29(19-40-35)23-3-9-32(10-4-23)44(48)49)15-27(14-25)36-41-20-30(21-42-36)24-5-11-33(12-6-24)45(50)51/h1-21H. The van der Waals surface area contributed by atoms with Gasteiger partial charge in [-0.3, -0.25) is 30.3 Å². The van der Waals surface area contributed by atoms with Gasteiger partial charge in [-0.05, 0) is 71.3 Å². The minimum atomic E-state index is -0.464. The first-order chi connectivity index (χ1) is 24.7. The lowest BCUT2D eigenvalue weighted by molar-refractivity contribution is -0.385. The topological polar surface area (TPSA) is 207 Å². The highest BCUT2D eigenvalue weighted by Crippen LogP contribution is 2.31. The summed E-state index contributed by atoms with van der Waals surface area (Å²) < 4.78 is 0. The first kappa shape index (κ1) is 31.9. The van der Waals surface area contributed by atoms with Crippen LogP contribution in [0.5, 0.6) is 0 Å². The van der Waals surface area contributed by atoms with Gasteiger partial charge in [-0.2, -0.15) is 0 Å². The molecule has 246 valence electrons. The van der Waals surface area contributed by atoms with E-state index in [0.29, 0.717) is 67.5 Å². The number of rotatable bonds is 9. The fraction of sp³-hybridized carbons (Fsp3) is 0. The molecule has 7 aromatic rings. The van der Waals surface area contributed by atoms with E-state index in [0.717, 1.165) is 0 Å². The largest absolute Gasteiger partial charge is 0.269 e.